The molecule has 1 amide bonds. The Bertz CT molecular complexity index is 872. The first kappa shape index (κ1) is 20.2. The molecule has 2 aromatic carbocycles. The van der Waals surface area contributed by atoms with Gasteiger partial charge in [-0.25, -0.2) is 0 Å². The first-order chi connectivity index (χ1) is 13.2. The van der Waals surface area contributed by atoms with Crippen LogP contribution in [0.15, 0.2) is 36.4 Å². The van der Waals surface area contributed by atoms with Gasteiger partial charge >= 0.3 is 0 Å². The fourth-order valence-electron chi connectivity index (χ4n) is 3.77. The number of hydrogen-bond donors (Lipinski definition) is 1. The molecule has 4 nitrogen and oxygen atoms in total. The minimum Gasteiger partial charge on any atom is -0.487 e. The summed E-state index contributed by atoms with van der Waals surface area (Å²) in [7, 11) is 0. The number of fused-ring (bicyclic) bond motifs is 1. The van der Waals surface area contributed by atoms with Crippen LogP contribution < -0.4 is 14.8 Å². The first-order valence-electron chi connectivity index (χ1n) is 10.0. The summed E-state index contributed by atoms with van der Waals surface area (Å²) in [5, 5.41) is 3.22. The second-order valence-corrected chi connectivity index (χ2v) is 8.45. The normalized spacial score (nSPS) is 18.6. The number of carbonyl (C=O) groups excluding carboxylic acids is 1. The van der Waals surface area contributed by atoms with E-state index in [-0.39, 0.29) is 17.6 Å². The van der Waals surface area contributed by atoms with E-state index in [9.17, 15) is 4.79 Å². The Morgan fingerprint density at radius 2 is 1.86 bits per heavy atom. The molecule has 0 bridgehead atoms. The van der Waals surface area contributed by atoms with Crippen LogP contribution in [-0.2, 0) is 4.79 Å². The Morgan fingerprint density at radius 3 is 2.54 bits per heavy atom. The minimum atomic E-state index is -0.527. The fourth-order valence-corrected chi connectivity index (χ4v) is 3.77. The van der Waals surface area contributed by atoms with Crippen LogP contribution in [-0.4, -0.2) is 17.6 Å². The van der Waals surface area contributed by atoms with Crippen molar-refractivity contribution in [3.63, 3.8) is 0 Å². The number of amides is 1. The highest BCUT2D eigenvalue weighted by Gasteiger charge is 2.35. The molecule has 0 spiro atoms. The number of ether oxygens (including phenoxy) is 2. The topological polar surface area (TPSA) is 47.6 Å². The van der Waals surface area contributed by atoms with Crippen LogP contribution in [0.3, 0.4) is 0 Å². The summed E-state index contributed by atoms with van der Waals surface area (Å²) >= 11 is 0. The highest BCUT2D eigenvalue weighted by Crippen LogP contribution is 2.40. The summed E-state index contributed by atoms with van der Waals surface area (Å²) in [5.74, 6) is 1.52. The van der Waals surface area contributed by atoms with Gasteiger partial charge in [-0.15, -0.1) is 0 Å². The Hall–Kier alpha value is -2.49. The number of aryl methyl sites for hydroxylation is 3. The monoisotopic (exact) mass is 381 g/mol. The molecule has 0 saturated heterocycles. The molecule has 1 aliphatic rings. The molecule has 4 heteroatoms. The van der Waals surface area contributed by atoms with Crippen molar-refractivity contribution in [1.29, 1.82) is 0 Å². The van der Waals surface area contributed by atoms with E-state index in [0.717, 1.165) is 34.6 Å². The van der Waals surface area contributed by atoms with E-state index >= 15 is 0 Å². The molecule has 1 N–H and O–H groups in total. The largest absolute Gasteiger partial charge is 0.487 e. The molecule has 0 unspecified atom stereocenters. The van der Waals surface area contributed by atoms with Gasteiger partial charge in [0.15, 0.2) is 6.10 Å². The average molecular weight is 382 g/mol. The van der Waals surface area contributed by atoms with Crippen molar-refractivity contribution in [2.24, 2.45) is 0 Å². The van der Waals surface area contributed by atoms with E-state index in [0.29, 0.717) is 6.42 Å². The third-order valence-electron chi connectivity index (χ3n) is 5.20. The van der Waals surface area contributed by atoms with E-state index in [1.807, 2.05) is 45.0 Å². The molecule has 0 aliphatic carbocycles. The van der Waals surface area contributed by atoms with Crippen molar-refractivity contribution in [2.75, 3.05) is 0 Å². The van der Waals surface area contributed by atoms with Gasteiger partial charge in [0.1, 0.15) is 17.1 Å². The molecule has 2 aromatic rings. The smallest absolute Gasteiger partial charge is 0.261 e. The molecule has 2 atom stereocenters. The van der Waals surface area contributed by atoms with E-state index in [4.69, 9.17) is 9.47 Å². The maximum absolute atomic E-state index is 13.1. The number of rotatable bonds is 5. The summed E-state index contributed by atoms with van der Waals surface area (Å²) in [6.45, 7) is 12.2. The third-order valence-corrected chi connectivity index (χ3v) is 5.20. The van der Waals surface area contributed by atoms with E-state index in [2.05, 4.69) is 38.2 Å². The van der Waals surface area contributed by atoms with Crippen molar-refractivity contribution in [2.45, 2.75) is 72.1 Å². The molecular weight excluding hydrogens is 350 g/mol. The van der Waals surface area contributed by atoms with Crippen LogP contribution in [0.2, 0.25) is 0 Å². The van der Waals surface area contributed by atoms with E-state index < -0.39 is 6.10 Å². The Kier molecular flexibility index (Phi) is 5.69. The van der Waals surface area contributed by atoms with Crippen molar-refractivity contribution in [3.05, 3.63) is 58.7 Å². The molecule has 1 aliphatic heterocycles. The zero-order chi connectivity index (χ0) is 20.5. The summed E-state index contributed by atoms with van der Waals surface area (Å²) in [4.78, 5) is 13.1. The average Bonchev–Trinajstić information content (AvgIpc) is 2.61. The highest BCUT2D eigenvalue weighted by molar-refractivity contribution is 5.81. The molecule has 3 rings (SSSR count). The van der Waals surface area contributed by atoms with Crippen molar-refractivity contribution < 1.29 is 14.3 Å². The molecule has 0 saturated carbocycles. The second-order valence-electron chi connectivity index (χ2n) is 8.45. The molecule has 150 valence electrons. The zero-order valence-electron chi connectivity index (χ0n) is 17.8. The summed E-state index contributed by atoms with van der Waals surface area (Å²) < 4.78 is 12.2. The van der Waals surface area contributed by atoms with Crippen LogP contribution in [0.4, 0.5) is 0 Å². The van der Waals surface area contributed by atoms with Gasteiger partial charge < -0.3 is 14.8 Å². The third kappa shape index (κ3) is 4.49. The van der Waals surface area contributed by atoms with E-state index in [1.54, 1.807) is 0 Å². The highest BCUT2D eigenvalue weighted by atomic mass is 16.5. The Morgan fingerprint density at radius 1 is 1.18 bits per heavy atom. The van der Waals surface area contributed by atoms with Crippen LogP contribution in [0.1, 0.15) is 61.9 Å². The van der Waals surface area contributed by atoms with E-state index in [1.165, 1.54) is 5.56 Å². The predicted octanol–water partition coefficient (Wildman–Crippen LogP) is 5.19. The molecule has 28 heavy (non-hydrogen) atoms. The van der Waals surface area contributed by atoms with Crippen molar-refractivity contribution in [1.82, 2.24) is 5.32 Å². The second kappa shape index (κ2) is 7.86. The van der Waals surface area contributed by atoms with Gasteiger partial charge in [0, 0.05) is 12.0 Å². The van der Waals surface area contributed by atoms with Crippen molar-refractivity contribution in [3.8, 4) is 11.5 Å². The quantitative estimate of drug-likeness (QED) is 0.775. The molecule has 0 aromatic heterocycles. The van der Waals surface area contributed by atoms with Crippen LogP contribution in [0.25, 0.3) is 0 Å². The number of nitrogens with one attached hydrogen (secondary N) is 1. The summed E-state index contributed by atoms with van der Waals surface area (Å²) in [6, 6.07) is 12.1. The maximum Gasteiger partial charge on any atom is 0.261 e. The molecule has 0 fully saturated rings. The lowest BCUT2D eigenvalue weighted by Gasteiger charge is -2.38. The zero-order valence-corrected chi connectivity index (χ0v) is 17.8. The number of hydrogen-bond acceptors (Lipinski definition) is 3. The lowest BCUT2D eigenvalue weighted by atomic mass is 9.88. The first-order valence-corrected chi connectivity index (χ1v) is 10.0. The standard InChI is InChI=1S/C24H31NO3/c1-7-20(27-21-10-8-15(2)12-17(21)4)23(26)25-19-14-24(5,6)28-22-11-9-16(3)13-18(19)22/h8-13,19-20H,7,14H2,1-6H3,(H,25,26)/t19-,20-/m1/s1. The van der Waals surface area contributed by atoms with Crippen LogP contribution in [0, 0.1) is 20.8 Å². The van der Waals surface area contributed by atoms with Crippen LogP contribution >= 0.6 is 0 Å². The summed E-state index contributed by atoms with van der Waals surface area (Å²) in [6.07, 6.45) is 0.794. The molecule has 1 heterocycles. The van der Waals surface area contributed by atoms with Gasteiger partial charge in [0.05, 0.1) is 6.04 Å². The van der Waals surface area contributed by atoms with Gasteiger partial charge in [-0.3, -0.25) is 4.79 Å². The van der Waals surface area contributed by atoms with Gasteiger partial charge in [0.2, 0.25) is 0 Å². The van der Waals surface area contributed by atoms with Gasteiger partial charge in [-0.05, 0) is 58.7 Å². The van der Waals surface area contributed by atoms with Crippen LogP contribution in [0.5, 0.6) is 11.5 Å². The number of benzene rings is 2. The van der Waals surface area contributed by atoms with Gasteiger partial charge in [-0.1, -0.05) is 42.3 Å². The maximum atomic E-state index is 13.1. The SMILES string of the molecule is CC[C@@H](Oc1ccc(C)cc1C)C(=O)N[C@@H]1CC(C)(C)Oc2ccc(C)cc21. The lowest BCUT2D eigenvalue weighted by Crippen LogP contribution is -2.45. The molecular formula is C24H31NO3. The lowest BCUT2D eigenvalue weighted by molar-refractivity contribution is -0.129. The van der Waals surface area contributed by atoms with Crippen molar-refractivity contribution >= 4 is 5.91 Å². The Balaban J connectivity index is 1.79. The Labute approximate surface area is 168 Å². The van der Waals surface area contributed by atoms with Gasteiger partial charge in [0.25, 0.3) is 5.91 Å². The van der Waals surface area contributed by atoms with Gasteiger partial charge in [-0.2, -0.15) is 0 Å². The molecule has 0 radical (unpaired) electrons. The number of carbonyl (C=O) groups is 1. The predicted molar refractivity (Wildman–Crippen MR) is 112 cm³/mol. The summed E-state index contributed by atoms with van der Waals surface area (Å²) in [5.41, 5.74) is 4.07. The minimum absolute atomic E-state index is 0.0855. The fraction of sp³-hybridized carbons (Fsp3) is 0.458.